The van der Waals surface area contributed by atoms with Crippen molar-refractivity contribution in [3.63, 3.8) is 0 Å². The molecule has 0 aliphatic heterocycles. The minimum Gasteiger partial charge on any atom is -0.304 e. The van der Waals surface area contributed by atoms with E-state index in [0.717, 1.165) is 12.0 Å². The van der Waals surface area contributed by atoms with Gasteiger partial charge in [-0.2, -0.15) is 0 Å². The summed E-state index contributed by atoms with van der Waals surface area (Å²) in [6, 6.07) is 0. The predicted octanol–water partition coefficient (Wildman–Crippen LogP) is 2.43. The van der Waals surface area contributed by atoms with E-state index in [9.17, 15) is 0 Å². The van der Waals surface area contributed by atoms with E-state index in [0.29, 0.717) is 12.5 Å². The third-order valence-electron chi connectivity index (χ3n) is 1.80. The van der Waals surface area contributed by atoms with Crippen LogP contribution in [0, 0.1) is 5.92 Å². The Balaban J connectivity index is 3.96. The molecule has 0 heterocycles. The summed E-state index contributed by atoms with van der Waals surface area (Å²) in [6.07, 6.45) is 3.15. The molecule has 1 atom stereocenters. The van der Waals surface area contributed by atoms with Crippen molar-refractivity contribution >= 4 is 0 Å². The average molecular weight is 169 g/mol. The summed E-state index contributed by atoms with van der Waals surface area (Å²) in [5.41, 5.74) is 2.44. The van der Waals surface area contributed by atoms with Gasteiger partial charge in [-0.15, -0.1) is 0 Å². The van der Waals surface area contributed by atoms with E-state index in [-0.39, 0.29) is 0 Å². The summed E-state index contributed by atoms with van der Waals surface area (Å²) >= 11 is 0. The molecule has 0 aromatic rings. The van der Waals surface area contributed by atoms with Crippen LogP contribution in [0.5, 0.6) is 0 Å². The van der Waals surface area contributed by atoms with Gasteiger partial charge in [-0.1, -0.05) is 23.8 Å². The normalized spacial score (nSPS) is 12.3. The third kappa shape index (κ3) is 5.10. The molecule has 0 aliphatic carbocycles. The van der Waals surface area contributed by atoms with Crippen LogP contribution in [-0.4, -0.2) is 6.61 Å². The topological polar surface area (TPSA) is 35.2 Å². The van der Waals surface area contributed by atoms with E-state index >= 15 is 0 Å². The van der Waals surface area contributed by atoms with Crippen LogP contribution in [0.4, 0.5) is 0 Å². The lowest BCUT2D eigenvalue weighted by Crippen LogP contribution is -2.13. The maximum atomic E-state index is 5.01. The second-order valence-corrected chi connectivity index (χ2v) is 3.39. The molecular formula is C10H19NO. The third-order valence-corrected chi connectivity index (χ3v) is 1.80. The van der Waals surface area contributed by atoms with Crippen LogP contribution < -0.4 is 5.90 Å². The standard InChI is InChI=1S/C10H19NO/c1-8(2)5-6-10(7-12-11)9(3)4/h5,10H,3,6-7,11H2,1-2,4H3. The molecule has 0 amide bonds. The molecule has 2 nitrogen and oxygen atoms in total. The van der Waals surface area contributed by atoms with Gasteiger partial charge in [0.1, 0.15) is 0 Å². The molecular weight excluding hydrogens is 150 g/mol. The molecule has 0 radical (unpaired) electrons. The number of allylic oxidation sites excluding steroid dienone is 2. The van der Waals surface area contributed by atoms with Crippen LogP contribution in [0.15, 0.2) is 23.8 Å². The SMILES string of the molecule is C=C(C)C(CC=C(C)C)CON. The summed E-state index contributed by atoms with van der Waals surface area (Å²) in [5.74, 6) is 5.36. The van der Waals surface area contributed by atoms with Crippen molar-refractivity contribution in [3.05, 3.63) is 23.8 Å². The fourth-order valence-corrected chi connectivity index (χ4v) is 0.906. The largest absolute Gasteiger partial charge is 0.304 e. The molecule has 0 spiro atoms. The summed E-state index contributed by atoms with van der Waals surface area (Å²) in [4.78, 5) is 4.61. The van der Waals surface area contributed by atoms with Gasteiger partial charge in [0, 0.05) is 5.92 Å². The molecule has 0 aromatic heterocycles. The van der Waals surface area contributed by atoms with Crippen LogP contribution >= 0.6 is 0 Å². The molecule has 0 bridgehead atoms. The summed E-state index contributed by atoms with van der Waals surface area (Å²) in [5, 5.41) is 0. The van der Waals surface area contributed by atoms with E-state index in [4.69, 9.17) is 5.90 Å². The first-order valence-electron chi connectivity index (χ1n) is 4.18. The van der Waals surface area contributed by atoms with Crippen molar-refractivity contribution in [2.45, 2.75) is 27.2 Å². The number of rotatable bonds is 5. The van der Waals surface area contributed by atoms with Crippen LogP contribution in [-0.2, 0) is 4.84 Å². The molecule has 70 valence electrons. The van der Waals surface area contributed by atoms with E-state index < -0.39 is 0 Å². The monoisotopic (exact) mass is 169 g/mol. The lowest BCUT2D eigenvalue weighted by Gasteiger charge is -2.13. The fraction of sp³-hybridized carbons (Fsp3) is 0.600. The predicted molar refractivity (Wildman–Crippen MR) is 52.5 cm³/mol. The molecule has 0 fully saturated rings. The molecule has 2 heteroatoms. The van der Waals surface area contributed by atoms with Crippen molar-refractivity contribution < 1.29 is 4.84 Å². The zero-order valence-corrected chi connectivity index (χ0v) is 8.26. The first-order valence-corrected chi connectivity index (χ1v) is 4.18. The van der Waals surface area contributed by atoms with Crippen LogP contribution in [0.1, 0.15) is 27.2 Å². The molecule has 12 heavy (non-hydrogen) atoms. The highest BCUT2D eigenvalue weighted by molar-refractivity contribution is 5.02. The summed E-state index contributed by atoms with van der Waals surface area (Å²) in [7, 11) is 0. The van der Waals surface area contributed by atoms with Gasteiger partial charge in [0.25, 0.3) is 0 Å². The molecule has 0 rings (SSSR count). The van der Waals surface area contributed by atoms with Crippen LogP contribution in [0.2, 0.25) is 0 Å². The Hall–Kier alpha value is -0.600. The van der Waals surface area contributed by atoms with Gasteiger partial charge in [0.15, 0.2) is 0 Å². The Morgan fingerprint density at radius 3 is 2.42 bits per heavy atom. The zero-order valence-electron chi connectivity index (χ0n) is 8.26. The highest BCUT2D eigenvalue weighted by atomic mass is 16.6. The van der Waals surface area contributed by atoms with Gasteiger partial charge in [0.05, 0.1) is 6.61 Å². The van der Waals surface area contributed by atoms with Gasteiger partial charge >= 0.3 is 0 Å². The van der Waals surface area contributed by atoms with Crippen LogP contribution in [0.25, 0.3) is 0 Å². The van der Waals surface area contributed by atoms with E-state index in [1.807, 2.05) is 6.92 Å². The van der Waals surface area contributed by atoms with E-state index in [2.05, 4.69) is 31.3 Å². The minimum atomic E-state index is 0.352. The molecule has 0 saturated carbocycles. The maximum absolute atomic E-state index is 5.01. The van der Waals surface area contributed by atoms with Crippen LogP contribution in [0.3, 0.4) is 0 Å². The van der Waals surface area contributed by atoms with Gasteiger partial charge in [-0.05, 0) is 27.2 Å². The highest BCUT2D eigenvalue weighted by Crippen LogP contribution is 2.14. The smallest absolute Gasteiger partial charge is 0.0747 e. The highest BCUT2D eigenvalue weighted by Gasteiger charge is 2.06. The number of hydrogen-bond acceptors (Lipinski definition) is 2. The Labute approximate surface area is 75.1 Å². The zero-order chi connectivity index (χ0) is 9.56. The minimum absolute atomic E-state index is 0.352. The average Bonchev–Trinajstić information content (AvgIpc) is 1.96. The summed E-state index contributed by atoms with van der Waals surface area (Å²) in [6.45, 7) is 10.6. The Morgan fingerprint density at radius 1 is 1.50 bits per heavy atom. The second kappa shape index (κ2) is 5.98. The first-order chi connectivity index (χ1) is 5.57. The Morgan fingerprint density at radius 2 is 2.08 bits per heavy atom. The van der Waals surface area contributed by atoms with E-state index in [1.165, 1.54) is 5.57 Å². The first kappa shape index (κ1) is 11.4. The van der Waals surface area contributed by atoms with Gasteiger partial charge in [-0.3, -0.25) is 0 Å². The second-order valence-electron chi connectivity index (χ2n) is 3.39. The maximum Gasteiger partial charge on any atom is 0.0747 e. The Kier molecular flexibility index (Phi) is 5.68. The molecule has 0 aliphatic rings. The van der Waals surface area contributed by atoms with E-state index in [1.54, 1.807) is 0 Å². The van der Waals surface area contributed by atoms with Crippen molar-refractivity contribution in [2.24, 2.45) is 11.8 Å². The van der Waals surface area contributed by atoms with Gasteiger partial charge in [-0.25, -0.2) is 5.90 Å². The molecule has 0 saturated heterocycles. The fourth-order valence-electron chi connectivity index (χ4n) is 0.906. The molecule has 2 N–H and O–H groups in total. The molecule has 0 aromatic carbocycles. The summed E-state index contributed by atoms with van der Waals surface area (Å²) < 4.78 is 0. The van der Waals surface area contributed by atoms with Crippen molar-refractivity contribution in [1.29, 1.82) is 0 Å². The number of nitrogens with two attached hydrogens (primary N) is 1. The quantitative estimate of drug-likeness (QED) is 0.506. The van der Waals surface area contributed by atoms with Crippen molar-refractivity contribution in [2.75, 3.05) is 6.61 Å². The lowest BCUT2D eigenvalue weighted by molar-refractivity contribution is 0.113. The van der Waals surface area contributed by atoms with Crippen molar-refractivity contribution in [3.8, 4) is 0 Å². The van der Waals surface area contributed by atoms with Gasteiger partial charge < -0.3 is 4.84 Å². The number of hydrogen-bond donors (Lipinski definition) is 1. The van der Waals surface area contributed by atoms with Gasteiger partial charge in [0.2, 0.25) is 0 Å². The van der Waals surface area contributed by atoms with Crippen molar-refractivity contribution in [1.82, 2.24) is 0 Å². The molecule has 1 unspecified atom stereocenters. The lowest BCUT2D eigenvalue weighted by atomic mass is 9.98. The Bertz CT molecular complexity index is 169.